The van der Waals surface area contributed by atoms with Gasteiger partial charge in [0.2, 0.25) is 5.95 Å². The van der Waals surface area contributed by atoms with Crippen molar-refractivity contribution in [1.29, 1.82) is 0 Å². The third kappa shape index (κ3) is 3.74. The zero-order valence-corrected chi connectivity index (χ0v) is 11.6. The fourth-order valence-corrected chi connectivity index (χ4v) is 2.47. The summed E-state index contributed by atoms with van der Waals surface area (Å²) in [7, 11) is 0. The van der Waals surface area contributed by atoms with Gasteiger partial charge >= 0.3 is 0 Å². The Morgan fingerprint density at radius 2 is 2.25 bits per heavy atom. The van der Waals surface area contributed by atoms with Gasteiger partial charge in [-0.1, -0.05) is 6.92 Å². The normalized spacial score (nSPS) is 12.8. The first-order valence-corrected chi connectivity index (χ1v) is 7.21. The van der Waals surface area contributed by atoms with Gasteiger partial charge in [-0.3, -0.25) is 0 Å². The van der Waals surface area contributed by atoms with Crippen molar-refractivity contribution in [3.05, 3.63) is 11.9 Å². The second kappa shape index (κ2) is 6.84. The summed E-state index contributed by atoms with van der Waals surface area (Å²) < 4.78 is 2.26. The number of rotatable bonds is 7. The second-order valence-corrected chi connectivity index (χ2v) is 5.37. The fourth-order valence-electron chi connectivity index (χ4n) is 1.68. The summed E-state index contributed by atoms with van der Waals surface area (Å²) in [5.74, 6) is 3.44. The molecular weight excluding hydrogens is 218 g/mol. The molecule has 1 aromatic heterocycles. The Bertz CT molecular complexity index is 309. The summed E-state index contributed by atoms with van der Waals surface area (Å²) in [6.07, 6.45) is 3.34. The Kier molecular flexibility index (Phi) is 5.74. The predicted octanol–water partition coefficient (Wildman–Crippen LogP) is 3.33. The molecule has 1 rings (SSSR count). The lowest BCUT2D eigenvalue weighted by Crippen LogP contribution is -2.11. The van der Waals surface area contributed by atoms with Crippen LogP contribution in [0.1, 0.15) is 38.9 Å². The van der Waals surface area contributed by atoms with Gasteiger partial charge in [-0.15, -0.1) is 0 Å². The van der Waals surface area contributed by atoms with Gasteiger partial charge in [0.15, 0.2) is 0 Å². The zero-order valence-electron chi connectivity index (χ0n) is 10.8. The fraction of sp³-hybridized carbons (Fsp3) is 0.750. The molecule has 0 saturated carbocycles. The molecule has 0 bridgehead atoms. The van der Waals surface area contributed by atoms with Gasteiger partial charge in [-0.25, -0.2) is 4.98 Å². The van der Waals surface area contributed by atoms with Crippen molar-refractivity contribution in [2.24, 2.45) is 0 Å². The molecular formula is C12H23N3S. The van der Waals surface area contributed by atoms with Crippen LogP contribution >= 0.6 is 11.8 Å². The maximum atomic E-state index is 4.49. The van der Waals surface area contributed by atoms with Crippen LogP contribution in [0.4, 0.5) is 5.95 Å². The Morgan fingerprint density at radius 3 is 2.88 bits per heavy atom. The molecule has 0 spiro atoms. The van der Waals surface area contributed by atoms with E-state index in [4.69, 9.17) is 0 Å². The first-order chi connectivity index (χ1) is 7.69. The van der Waals surface area contributed by atoms with Gasteiger partial charge in [0.1, 0.15) is 0 Å². The minimum Gasteiger partial charge on any atom is -0.356 e. The van der Waals surface area contributed by atoms with Crippen LogP contribution in [0, 0.1) is 6.92 Å². The van der Waals surface area contributed by atoms with Crippen molar-refractivity contribution in [3.8, 4) is 0 Å². The van der Waals surface area contributed by atoms with Gasteiger partial charge in [0.05, 0.1) is 5.69 Å². The maximum absolute atomic E-state index is 4.49. The molecule has 0 saturated heterocycles. The van der Waals surface area contributed by atoms with Gasteiger partial charge < -0.3 is 9.88 Å². The van der Waals surface area contributed by atoms with E-state index in [1.807, 2.05) is 18.7 Å². The molecule has 0 aliphatic heterocycles. The van der Waals surface area contributed by atoms with E-state index in [0.717, 1.165) is 18.2 Å². The number of nitrogens with one attached hydrogen (secondary N) is 1. The van der Waals surface area contributed by atoms with E-state index in [9.17, 15) is 0 Å². The Labute approximate surface area is 103 Å². The first kappa shape index (κ1) is 13.4. The molecule has 4 heteroatoms. The van der Waals surface area contributed by atoms with Crippen LogP contribution < -0.4 is 5.32 Å². The summed E-state index contributed by atoms with van der Waals surface area (Å²) in [6, 6.07) is 0.522. The molecule has 16 heavy (non-hydrogen) atoms. The van der Waals surface area contributed by atoms with Crippen LogP contribution in [-0.2, 0) is 0 Å². The molecule has 1 aromatic rings. The lowest BCUT2D eigenvalue weighted by Gasteiger charge is -2.16. The minimum absolute atomic E-state index is 0.522. The highest BCUT2D eigenvalue weighted by atomic mass is 32.2. The quantitative estimate of drug-likeness (QED) is 0.743. The van der Waals surface area contributed by atoms with E-state index in [2.05, 4.69) is 41.8 Å². The van der Waals surface area contributed by atoms with E-state index in [-0.39, 0.29) is 0 Å². The average Bonchev–Trinajstić information content (AvgIpc) is 2.60. The van der Waals surface area contributed by atoms with Crippen molar-refractivity contribution in [1.82, 2.24) is 9.55 Å². The SMILES string of the molecule is CCNc1nc(C)cn1C(C)CCSCC. The van der Waals surface area contributed by atoms with E-state index in [1.165, 1.54) is 17.9 Å². The maximum Gasteiger partial charge on any atom is 0.203 e. The molecule has 0 aliphatic rings. The highest BCUT2D eigenvalue weighted by Gasteiger charge is 2.10. The summed E-state index contributed by atoms with van der Waals surface area (Å²) in [6.45, 7) is 9.54. The smallest absolute Gasteiger partial charge is 0.203 e. The zero-order chi connectivity index (χ0) is 12.0. The number of hydrogen-bond acceptors (Lipinski definition) is 3. The van der Waals surface area contributed by atoms with Gasteiger partial charge in [0, 0.05) is 18.8 Å². The molecule has 92 valence electrons. The number of imidazole rings is 1. The van der Waals surface area contributed by atoms with Crippen LogP contribution in [0.15, 0.2) is 6.20 Å². The number of aryl methyl sites for hydroxylation is 1. The molecule has 0 aliphatic carbocycles. The van der Waals surface area contributed by atoms with E-state index in [1.54, 1.807) is 0 Å². The van der Waals surface area contributed by atoms with Crippen LogP contribution in [0.2, 0.25) is 0 Å². The molecule has 1 N–H and O–H groups in total. The molecule has 1 atom stereocenters. The summed E-state index contributed by atoms with van der Waals surface area (Å²) in [5.41, 5.74) is 1.09. The number of hydrogen-bond donors (Lipinski definition) is 1. The molecule has 1 unspecified atom stereocenters. The monoisotopic (exact) mass is 241 g/mol. The largest absolute Gasteiger partial charge is 0.356 e. The van der Waals surface area contributed by atoms with Gasteiger partial charge in [-0.05, 0) is 38.7 Å². The molecule has 3 nitrogen and oxygen atoms in total. The Morgan fingerprint density at radius 1 is 1.50 bits per heavy atom. The number of anilines is 1. The predicted molar refractivity (Wildman–Crippen MR) is 73.5 cm³/mol. The topological polar surface area (TPSA) is 29.9 Å². The van der Waals surface area contributed by atoms with Crippen LogP contribution in [0.3, 0.4) is 0 Å². The second-order valence-electron chi connectivity index (χ2n) is 3.98. The number of aromatic nitrogens is 2. The molecule has 0 aromatic carbocycles. The third-order valence-electron chi connectivity index (χ3n) is 2.55. The van der Waals surface area contributed by atoms with Crippen molar-refractivity contribution in [3.63, 3.8) is 0 Å². The Hall–Kier alpha value is -0.640. The number of thioether (sulfide) groups is 1. The minimum atomic E-state index is 0.522. The van der Waals surface area contributed by atoms with Crippen LogP contribution in [0.5, 0.6) is 0 Å². The Balaban J connectivity index is 2.61. The van der Waals surface area contributed by atoms with Crippen LogP contribution in [-0.4, -0.2) is 27.6 Å². The highest BCUT2D eigenvalue weighted by Crippen LogP contribution is 2.20. The third-order valence-corrected chi connectivity index (χ3v) is 3.48. The van der Waals surface area contributed by atoms with Crippen molar-refractivity contribution in [2.75, 3.05) is 23.4 Å². The van der Waals surface area contributed by atoms with Crippen LogP contribution in [0.25, 0.3) is 0 Å². The summed E-state index contributed by atoms with van der Waals surface area (Å²) in [4.78, 5) is 4.49. The van der Waals surface area contributed by atoms with Crippen molar-refractivity contribution in [2.45, 2.75) is 40.2 Å². The highest BCUT2D eigenvalue weighted by molar-refractivity contribution is 7.99. The molecule has 0 amide bonds. The lowest BCUT2D eigenvalue weighted by atomic mass is 10.2. The molecule has 0 radical (unpaired) electrons. The average molecular weight is 241 g/mol. The number of nitrogens with zero attached hydrogens (tertiary/aromatic N) is 2. The standard InChI is InChI=1S/C12H23N3S/c1-5-13-12-14-10(3)9-15(12)11(4)7-8-16-6-2/h9,11H,5-8H2,1-4H3,(H,13,14). The van der Waals surface area contributed by atoms with E-state index < -0.39 is 0 Å². The van der Waals surface area contributed by atoms with Crippen molar-refractivity contribution < 1.29 is 0 Å². The van der Waals surface area contributed by atoms with Crippen molar-refractivity contribution >= 4 is 17.7 Å². The van der Waals surface area contributed by atoms with Gasteiger partial charge in [-0.2, -0.15) is 11.8 Å². The summed E-state index contributed by atoms with van der Waals surface area (Å²) >= 11 is 2.00. The molecule has 0 fully saturated rings. The van der Waals surface area contributed by atoms with E-state index >= 15 is 0 Å². The first-order valence-electron chi connectivity index (χ1n) is 6.06. The summed E-state index contributed by atoms with van der Waals surface area (Å²) in [5, 5.41) is 3.31. The van der Waals surface area contributed by atoms with E-state index in [0.29, 0.717) is 6.04 Å². The van der Waals surface area contributed by atoms with Gasteiger partial charge in [0.25, 0.3) is 0 Å². The molecule has 1 heterocycles. The lowest BCUT2D eigenvalue weighted by molar-refractivity contribution is 0.539.